The van der Waals surface area contributed by atoms with Crippen molar-refractivity contribution in [3.63, 3.8) is 0 Å². The normalized spacial score (nSPS) is 17.5. The Balaban J connectivity index is 1.68. The molecule has 1 aromatic carbocycles. The van der Waals surface area contributed by atoms with Gasteiger partial charge in [0.05, 0.1) is 20.8 Å². The van der Waals surface area contributed by atoms with Crippen LogP contribution in [0.1, 0.15) is 24.8 Å². The van der Waals surface area contributed by atoms with Crippen LogP contribution in [0.2, 0.25) is 0 Å². The van der Waals surface area contributed by atoms with Gasteiger partial charge in [0.25, 0.3) is 5.91 Å². The van der Waals surface area contributed by atoms with Gasteiger partial charge in [-0.1, -0.05) is 0 Å². The van der Waals surface area contributed by atoms with E-state index in [1.807, 2.05) is 17.0 Å². The highest BCUT2D eigenvalue weighted by atomic mass is 16.5. The first-order valence-electron chi connectivity index (χ1n) is 8.62. The van der Waals surface area contributed by atoms with Gasteiger partial charge in [0, 0.05) is 42.9 Å². The average Bonchev–Trinajstić information content (AvgIpc) is 3.02. The van der Waals surface area contributed by atoms with Crippen LogP contribution in [0.3, 0.4) is 0 Å². The van der Waals surface area contributed by atoms with Crippen molar-refractivity contribution in [2.75, 3.05) is 33.9 Å². The Bertz CT molecular complexity index is 693. The van der Waals surface area contributed by atoms with Crippen molar-refractivity contribution in [1.29, 1.82) is 0 Å². The molecule has 0 saturated carbocycles. The van der Waals surface area contributed by atoms with E-state index in [0.717, 1.165) is 31.5 Å². The monoisotopic (exact) mass is 344 g/mol. The molecule has 2 heterocycles. The number of rotatable bonds is 5. The maximum atomic E-state index is 12.6. The second-order valence-corrected chi connectivity index (χ2v) is 6.39. The third-order valence-electron chi connectivity index (χ3n) is 4.74. The van der Waals surface area contributed by atoms with Crippen LogP contribution >= 0.6 is 0 Å². The molecule has 6 nitrogen and oxygen atoms in total. The third kappa shape index (κ3) is 3.78. The molecule has 134 valence electrons. The van der Waals surface area contributed by atoms with E-state index in [2.05, 4.69) is 0 Å². The Kier molecular flexibility index (Phi) is 5.26. The molecule has 0 unspecified atom stereocenters. The van der Waals surface area contributed by atoms with Gasteiger partial charge in [0.1, 0.15) is 11.5 Å². The molecule has 0 spiro atoms. The quantitative estimate of drug-likeness (QED) is 0.820. The Morgan fingerprint density at radius 2 is 1.88 bits per heavy atom. The summed E-state index contributed by atoms with van der Waals surface area (Å²) in [6.45, 7) is 2.33. The van der Waals surface area contributed by atoms with Crippen molar-refractivity contribution < 1.29 is 19.1 Å². The average molecular weight is 344 g/mol. The van der Waals surface area contributed by atoms with Crippen molar-refractivity contribution in [1.82, 2.24) is 9.80 Å². The lowest BCUT2D eigenvalue weighted by molar-refractivity contribution is -0.128. The summed E-state index contributed by atoms with van der Waals surface area (Å²) >= 11 is 0. The number of amides is 2. The SMILES string of the molecule is COc1ccc(CN2CC(C(=O)N3CCCCC3)=CC2=O)c(OC)c1. The van der Waals surface area contributed by atoms with E-state index in [4.69, 9.17) is 9.47 Å². The first-order chi connectivity index (χ1) is 12.1. The summed E-state index contributed by atoms with van der Waals surface area (Å²) in [5.41, 5.74) is 1.47. The lowest BCUT2D eigenvalue weighted by atomic mass is 10.1. The topological polar surface area (TPSA) is 59.1 Å². The van der Waals surface area contributed by atoms with Crippen LogP contribution in [0.15, 0.2) is 29.8 Å². The van der Waals surface area contributed by atoms with Gasteiger partial charge in [0.2, 0.25) is 5.91 Å². The van der Waals surface area contributed by atoms with Crippen LogP contribution < -0.4 is 9.47 Å². The minimum absolute atomic E-state index is 0.00255. The first kappa shape index (κ1) is 17.3. The van der Waals surface area contributed by atoms with E-state index in [-0.39, 0.29) is 11.8 Å². The zero-order valence-electron chi connectivity index (χ0n) is 14.8. The molecule has 1 fully saturated rings. The van der Waals surface area contributed by atoms with Crippen molar-refractivity contribution in [3.05, 3.63) is 35.4 Å². The molecular weight excluding hydrogens is 320 g/mol. The predicted octanol–water partition coefficient (Wildman–Crippen LogP) is 1.98. The molecule has 2 amide bonds. The van der Waals surface area contributed by atoms with Crippen LogP contribution in [0.4, 0.5) is 0 Å². The third-order valence-corrected chi connectivity index (χ3v) is 4.74. The second kappa shape index (κ2) is 7.59. The number of piperidine rings is 1. The van der Waals surface area contributed by atoms with Crippen molar-refractivity contribution in [2.24, 2.45) is 0 Å². The molecule has 0 bridgehead atoms. The maximum Gasteiger partial charge on any atom is 0.251 e. The van der Waals surface area contributed by atoms with Crippen LogP contribution in [0.5, 0.6) is 11.5 Å². The number of hydrogen-bond donors (Lipinski definition) is 0. The van der Waals surface area contributed by atoms with Crippen LogP contribution in [0, 0.1) is 0 Å². The lowest BCUT2D eigenvalue weighted by Gasteiger charge is -2.27. The van der Waals surface area contributed by atoms with Gasteiger partial charge in [-0.15, -0.1) is 0 Å². The fraction of sp³-hybridized carbons (Fsp3) is 0.474. The molecule has 1 aromatic rings. The van der Waals surface area contributed by atoms with Gasteiger partial charge in [-0.05, 0) is 31.4 Å². The highest BCUT2D eigenvalue weighted by Crippen LogP contribution is 2.27. The van der Waals surface area contributed by atoms with Gasteiger partial charge in [-0.25, -0.2) is 0 Å². The lowest BCUT2D eigenvalue weighted by Crippen LogP contribution is -2.37. The maximum absolute atomic E-state index is 12.6. The molecule has 0 N–H and O–H groups in total. The standard InChI is InChI=1S/C19H24N2O4/c1-24-16-7-6-14(17(11-16)25-2)12-21-13-15(10-18(21)22)19(23)20-8-4-3-5-9-20/h6-7,10-11H,3-5,8-9,12-13H2,1-2H3. The molecule has 3 rings (SSSR count). The van der Waals surface area contributed by atoms with Crippen molar-refractivity contribution in [2.45, 2.75) is 25.8 Å². The van der Waals surface area contributed by atoms with E-state index in [9.17, 15) is 9.59 Å². The summed E-state index contributed by atoms with van der Waals surface area (Å²) in [4.78, 5) is 28.4. The number of carbonyl (C=O) groups is 2. The summed E-state index contributed by atoms with van der Waals surface area (Å²) in [5.74, 6) is 1.24. The van der Waals surface area contributed by atoms with Gasteiger partial charge in [-0.2, -0.15) is 0 Å². The van der Waals surface area contributed by atoms with Crippen molar-refractivity contribution in [3.8, 4) is 11.5 Å². The van der Waals surface area contributed by atoms with E-state index in [1.54, 1.807) is 25.2 Å². The molecule has 2 aliphatic rings. The number of ether oxygens (including phenoxy) is 2. The molecule has 2 aliphatic heterocycles. The van der Waals surface area contributed by atoms with E-state index in [0.29, 0.717) is 30.2 Å². The molecule has 6 heteroatoms. The summed E-state index contributed by atoms with van der Waals surface area (Å²) < 4.78 is 10.6. The van der Waals surface area contributed by atoms with Crippen molar-refractivity contribution >= 4 is 11.8 Å². The van der Waals surface area contributed by atoms with Crippen LogP contribution in [-0.4, -0.2) is 55.5 Å². The minimum atomic E-state index is -0.127. The van der Waals surface area contributed by atoms with Crippen LogP contribution in [-0.2, 0) is 16.1 Å². The predicted molar refractivity (Wildman–Crippen MR) is 93.5 cm³/mol. The fourth-order valence-electron chi connectivity index (χ4n) is 3.32. The molecule has 0 atom stereocenters. The number of hydrogen-bond acceptors (Lipinski definition) is 4. The largest absolute Gasteiger partial charge is 0.497 e. The Labute approximate surface area is 148 Å². The van der Waals surface area contributed by atoms with E-state index < -0.39 is 0 Å². The van der Waals surface area contributed by atoms with Gasteiger partial charge < -0.3 is 19.3 Å². The first-order valence-corrected chi connectivity index (χ1v) is 8.62. The Morgan fingerprint density at radius 3 is 2.56 bits per heavy atom. The Hall–Kier alpha value is -2.50. The second-order valence-electron chi connectivity index (χ2n) is 6.39. The smallest absolute Gasteiger partial charge is 0.251 e. The minimum Gasteiger partial charge on any atom is -0.497 e. The summed E-state index contributed by atoms with van der Waals surface area (Å²) in [5, 5.41) is 0. The number of nitrogens with zero attached hydrogens (tertiary/aromatic N) is 2. The number of likely N-dealkylation sites (tertiary alicyclic amines) is 1. The van der Waals surface area contributed by atoms with Gasteiger partial charge in [-0.3, -0.25) is 9.59 Å². The molecule has 0 radical (unpaired) electrons. The fourth-order valence-corrected chi connectivity index (χ4v) is 3.32. The highest BCUT2D eigenvalue weighted by Gasteiger charge is 2.29. The van der Waals surface area contributed by atoms with Gasteiger partial charge in [0.15, 0.2) is 0 Å². The molecule has 0 aromatic heterocycles. The van der Waals surface area contributed by atoms with Crippen LogP contribution in [0.25, 0.3) is 0 Å². The molecule has 1 saturated heterocycles. The molecular formula is C19H24N2O4. The number of carbonyl (C=O) groups excluding carboxylic acids is 2. The zero-order valence-corrected chi connectivity index (χ0v) is 14.8. The van der Waals surface area contributed by atoms with E-state index in [1.165, 1.54) is 12.5 Å². The Morgan fingerprint density at radius 1 is 1.12 bits per heavy atom. The number of benzene rings is 1. The molecule has 0 aliphatic carbocycles. The zero-order chi connectivity index (χ0) is 17.8. The summed E-state index contributed by atoms with van der Waals surface area (Å²) in [6, 6.07) is 5.52. The molecule has 25 heavy (non-hydrogen) atoms. The van der Waals surface area contributed by atoms with Gasteiger partial charge >= 0.3 is 0 Å². The summed E-state index contributed by atoms with van der Waals surface area (Å²) in [6.07, 6.45) is 4.73. The summed E-state index contributed by atoms with van der Waals surface area (Å²) in [7, 11) is 3.19. The van der Waals surface area contributed by atoms with E-state index >= 15 is 0 Å². The highest BCUT2D eigenvalue weighted by molar-refractivity contribution is 6.04. The number of methoxy groups -OCH3 is 2.